The smallest absolute Gasteiger partial charge is 0.136 e. The molecule has 0 fully saturated rings. The van der Waals surface area contributed by atoms with E-state index in [0.717, 1.165) is 38.9 Å². The van der Waals surface area contributed by atoms with Crippen LogP contribution in [0.25, 0.3) is 97.7 Å². The van der Waals surface area contributed by atoms with Gasteiger partial charge >= 0.3 is 0 Å². The predicted molar refractivity (Wildman–Crippen MR) is 248 cm³/mol. The first-order chi connectivity index (χ1) is 28.6. The molecular weight excluding hydrogens is 703 g/mol. The normalized spacial score (nSPS) is 12.0. The van der Waals surface area contributed by atoms with Crippen molar-refractivity contribution in [3.05, 3.63) is 199 Å². The molecule has 12 rings (SSSR count). The van der Waals surface area contributed by atoms with Gasteiger partial charge in [0.25, 0.3) is 0 Å². The fourth-order valence-electron chi connectivity index (χ4n) is 9.51. The molecule has 1 heterocycles. The van der Waals surface area contributed by atoms with Gasteiger partial charge in [0.1, 0.15) is 11.2 Å². The van der Waals surface area contributed by atoms with Gasteiger partial charge < -0.3 is 9.32 Å². The zero-order valence-electron chi connectivity index (χ0n) is 32.3. The molecule has 0 aliphatic carbocycles. The van der Waals surface area contributed by atoms with Crippen LogP contribution in [0.4, 0.5) is 17.1 Å². The molecule has 0 unspecified atom stereocenters. The number of benzene rings is 11. The first-order valence-corrected chi connectivity index (χ1v) is 20.1. The van der Waals surface area contributed by atoms with Crippen molar-refractivity contribution in [1.82, 2.24) is 0 Å². The summed E-state index contributed by atoms with van der Waals surface area (Å²) in [5.41, 5.74) is 10.0. The van der Waals surface area contributed by atoms with E-state index in [-0.39, 0.29) is 0 Å². The molecule has 0 radical (unpaired) electrons. The maximum Gasteiger partial charge on any atom is 0.136 e. The lowest BCUT2D eigenvalue weighted by Gasteiger charge is -2.29. The van der Waals surface area contributed by atoms with E-state index in [9.17, 15) is 0 Å². The van der Waals surface area contributed by atoms with Gasteiger partial charge in [-0.2, -0.15) is 0 Å². The van der Waals surface area contributed by atoms with E-state index in [1.54, 1.807) is 0 Å². The summed E-state index contributed by atoms with van der Waals surface area (Å²) >= 11 is 0. The van der Waals surface area contributed by atoms with Gasteiger partial charge in [-0.1, -0.05) is 139 Å². The highest BCUT2D eigenvalue weighted by atomic mass is 16.3. The molecule has 12 aromatic rings. The average molecular weight is 740 g/mol. The van der Waals surface area contributed by atoms with Gasteiger partial charge in [0, 0.05) is 32.9 Å². The van der Waals surface area contributed by atoms with Crippen LogP contribution in [0.3, 0.4) is 0 Å². The Bertz CT molecular complexity index is 3530. The summed E-state index contributed by atoms with van der Waals surface area (Å²) in [6, 6.07) is 69.1. The molecule has 2 nitrogen and oxygen atoms in total. The van der Waals surface area contributed by atoms with E-state index in [1.165, 1.54) is 87.0 Å². The molecule has 0 amide bonds. The number of hydrogen-bond donors (Lipinski definition) is 0. The van der Waals surface area contributed by atoms with E-state index >= 15 is 0 Å². The Morgan fingerprint density at radius 3 is 1.34 bits per heavy atom. The van der Waals surface area contributed by atoms with Crippen molar-refractivity contribution in [2.75, 3.05) is 4.90 Å². The standard InChI is InChI=1S/C56H37NO/c1-34-19-24-39(25-20-34)57(40-26-21-35(2)22-27-40)56-46-17-9-7-15-44(46)55(45-16-8-10-18-47(45)56)38-23-28-43-52-32-50-49-30-37-12-4-3-11-36(37)29-48(49)41-13-5-6-14-42(41)51(50)33-54(52)58-53(43)31-38/h3-33H,1-2H3. The van der Waals surface area contributed by atoms with Crippen LogP contribution in [0.5, 0.6) is 0 Å². The molecule has 0 spiro atoms. The fourth-order valence-corrected chi connectivity index (χ4v) is 9.51. The Labute approximate surface area is 335 Å². The van der Waals surface area contributed by atoms with Crippen LogP contribution in [0, 0.1) is 13.8 Å². The Morgan fingerprint density at radius 2 is 0.776 bits per heavy atom. The highest BCUT2D eigenvalue weighted by Crippen LogP contribution is 2.49. The summed E-state index contributed by atoms with van der Waals surface area (Å²) in [5, 5.41) is 17.1. The van der Waals surface area contributed by atoms with Crippen molar-refractivity contribution < 1.29 is 4.42 Å². The minimum Gasteiger partial charge on any atom is -0.456 e. The van der Waals surface area contributed by atoms with Crippen LogP contribution in [0.1, 0.15) is 11.1 Å². The van der Waals surface area contributed by atoms with Crippen molar-refractivity contribution in [3.8, 4) is 11.1 Å². The van der Waals surface area contributed by atoms with E-state index in [4.69, 9.17) is 4.42 Å². The molecule has 0 bridgehead atoms. The third-order valence-electron chi connectivity index (χ3n) is 12.3. The zero-order valence-corrected chi connectivity index (χ0v) is 32.3. The molecule has 0 N–H and O–H groups in total. The fraction of sp³-hybridized carbons (Fsp3) is 0.0357. The van der Waals surface area contributed by atoms with Crippen LogP contribution < -0.4 is 4.90 Å². The maximum atomic E-state index is 6.87. The second-order valence-corrected chi connectivity index (χ2v) is 15.8. The van der Waals surface area contributed by atoms with Crippen molar-refractivity contribution in [3.63, 3.8) is 0 Å². The van der Waals surface area contributed by atoms with Crippen molar-refractivity contribution in [1.29, 1.82) is 0 Å². The van der Waals surface area contributed by atoms with Crippen LogP contribution in [-0.4, -0.2) is 0 Å². The number of anilines is 3. The Kier molecular flexibility index (Phi) is 7.09. The number of nitrogens with zero attached hydrogens (tertiary/aromatic N) is 1. The SMILES string of the molecule is Cc1ccc(N(c2ccc(C)cc2)c2c3ccccc3c(-c3ccc4c(c3)oc3cc5c6ccccc6c6cc7ccccc7cc6c5cc34)c3ccccc23)cc1. The molecule has 2 heteroatoms. The summed E-state index contributed by atoms with van der Waals surface area (Å²) in [4.78, 5) is 2.43. The summed E-state index contributed by atoms with van der Waals surface area (Å²) in [6.45, 7) is 4.29. The van der Waals surface area contributed by atoms with Crippen LogP contribution in [0.2, 0.25) is 0 Å². The molecule has 11 aromatic carbocycles. The van der Waals surface area contributed by atoms with Gasteiger partial charge in [-0.05, 0) is 140 Å². The lowest BCUT2D eigenvalue weighted by molar-refractivity contribution is 0.669. The summed E-state index contributed by atoms with van der Waals surface area (Å²) < 4.78 is 6.87. The van der Waals surface area contributed by atoms with E-state index in [2.05, 4.69) is 207 Å². The maximum absolute atomic E-state index is 6.87. The molecule has 58 heavy (non-hydrogen) atoms. The van der Waals surface area contributed by atoms with Crippen molar-refractivity contribution in [2.24, 2.45) is 0 Å². The van der Waals surface area contributed by atoms with E-state index in [1.807, 2.05) is 0 Å². The minimum absolute atomic E-state index is 0.889. The van der Waals surface area contributed by atoms with Gasteiger partial charge in [0.05, 0.1) is 5.69 Å². The third-order valence-corrected chi connectivity index (χ3v) is 12.3. The number of hydrogen-bond acceptors (Lipinski definition) is 2. The molecular formula is C56H37NO. The van der Waals surface area contributed by atoms with Crippen molar-refractivity contribution >= 4 is 104 Å². The zero-order chi connectivity index (χ0) is 38.5. The molecule has 272 valence electrons. The Hall–Kier alpha value is -7.42. The van der Waals surface area contributed by atoms with Gasteiger partial charge in [0.15, 0.2) is 0 Å². The molecule has 0 aliphatic rings. The number of furan rings is 1. The van der Waals surface area contributed by atoms with Crippen LogP contribution in [-0.2, 0) is 0 Å². The van der Waals surface area contributed by atoms with Crippen LogP contribution >= 0.6 is 0 Å². The third kappa shape index (κ3) is 4.92. The molecule has 1 aromatic heterocycles. The number of fused-ring (bicyclic) bond motifs is 12. The number of aryl methyl sites for hydroxylation is 2. The second kappa shape index (κ2) is 12.5. The largest absolute Gasteiger partial charge is 0.456 e. The summed E-state index contributed by atoms with van der Waals surface area (Å²) in [5.74, 6) is 0. The highest BCUT2D eigenvalue weighted by molar-refractivity contribution is 6.30. The second-order valence-electron chi connectivity index (χ2n) is 15.8. The van der Waals surface area contributed by atoms with Crippen LogP contribution in [0.15, 0.2) is 192 Å². The Balaban J connectivity index is 1.11. The Morgan fingerprint density at radius 1 is 0.328 bits per heavy atom. The van der Waals surface area contributed by atoms with Gasteiger partial charge in [0.2, 0.25) is 0 Å². The first kappa shape index (κ1) is 32.8. The monoisotopic (exact) mass is 739 g/mol. The lowest BCUT2D eigenvalue weighted by Crippen LogP contribution is -2.11. The quantitative estimate of drug-likeness (QED) is 0.132. The molecule has 0 aliphatic heterocycles. The molecule has 0 atom stereocenters. The van der Waals surface area contributed by atoms with E-state index < -0.39 is 0 Å². The molecule has 0 saturated carbocycles. The minimum atomic E-state index is 0.889. The highest BCUT2D eigenvalue weighted by Gasteiger charge is 2.23. The summed E-state index contributed by atoms with van der Waals surface area (Å²) in [7, 11) is 0. The van der Waals surface area contributed by atoms with E-state index in [0.29, 0.717) is 0 Å². The number of rotatable bonds is 4. The lowest BCUT2D eigenvalue weighted by atomic mass is 9.89. The summed E-state index contributed by atoms with van der Waals surface area (Å²) in [6.07, 6.45) is 0. The van der Waals surface area contributed by atoms with Gasteiger partial charge in [-0.3, -0.25) is 0 Å². The van der Waals surface area contributed by atoms with Gasteiger partial charge in [-0.15, -0.1) is 0 Å². The van der Waals surface area contributed by atoms with Gasteiger partial charge in [-0.25, -0.2) is 0 Å². The topological polar surface area (TPSA) is 16.4 Å². The average Bonchev–Trinajstić information content (AvgIpc) is 3.63. The van der Waals surface area contributed by atoms with Crippen molar-refractivity contribution in [2.45, 2.75) is 13.8 Å². The predicted octanol–water partition coefficient (Wildman–Crippen LogP) is 16.3. The molecule has 0 saturated heterocycles. The first-order valence-electron chi connectivity index (χ1n) is 20.1.